The molecule has 0 amide bonds. The molecule has 1 rings (SSSR count). The molecule has 0 bridgehead atoms. The fraction of sp³-hybridized carbons (Fsp3) is 0.636. The molecular weight excluding hydrogens is 190 g/mol. The van der Waals surface area contributed by atoms with Gasteiger partial charge in [0.2, 0.25) is 0 Å². The zero-order valence-electron chi connectivity index (χ0n) is 9.87. The van der Waals surface area contributed by atoms with Crippen LogP contribution in [-0.2, 0) is 4.74 Å². The van der Waals surface area contributed by atoms with Crippen molar-refractivity contribution in [1.82, 2.24) is 9.97 Å². The number of rotatable bonds is 5. The Balaban J connectivity index is 2.50. The molecule has 15 heavy (non-hydrogen) atoms. The summed E-state index contributed by atoms with van der Waals surface area (Å²) >= 11 is 0. The van der Waals surface area contributed by atoms with Crippen LogP contribution in [0.4, 0.5) is 5.82 Å². The van der Waals surface area contributed by atoms with Crippen LogP contribution < -0.4 is 5.32 Å². The van der Waals surface area contributed by atoms with E-state index in [1.54, 1.807) is 0 Å². The van der Waals surface area contributed by atoms with Gasteiger partial charge in [-0.15, -0.1) is 0 Å². The molecular formula is C11H19N3O. The van der Waals surface area contributed by atoms with Gasteiger partial charge in [0.1, 0.15) is 11.6 Å². The number of aryl methyl sites for hydroxylation is 2. The van der Waals surface area contributed by atoms with Crippen LogP contribution in [0.3, 0.4) is 0 Å². The van der Waals surface area contributed by atoms with E-state index in [4.69, 9.17) is 4.74 Å². The maximum absolute atomic E-state index is 5.42. The number of ether oxygens (including phenoxy) is 1. The fourth-order valence-electron chi connectivity index (χ4n) is 1.40. The largest absolute Gasteiger partial charge is 0.377 e. The highest BCUT2D eigenvalue weighted by Crippen LogP contribution is 2.05. The lowest BCUT2D eigenvalue weighted by Gasteiger charge is -2.13. The highest BCUT2D eigenvalue weighted by molar-refractivity contribution is 5.35. The average molecular weight is 209 g/mol. The van der Waals surface area contributed by atoms with Crippen molar-refractivity contribution in [2.75, 3.05) is 18.5 Å². The first-order valence-electron chi connectivity index (χ1n) is 5.29. The Kier molecular flexibility index (Phi) is 4.49. The zero-order chi connectivity index (χ0) is 11.3. The summed E-state index contributed by atoms with van der Waals surface area (Å²) in [6.45, 7) is 9.40. The van der Waals surface area contributed by atoms with E-state index in [2.05, 4.69) is 15.3 Å². The molecule has 4 heteroatoms. The Labute approximate surface area is 91.1 Å². The van der Waals surface area contributed by atoms with E-state index in [9.17, 15) is 0 Å². The van der Waals surface area contributed by atoms with Gasteiger partial charge in [0.25, 0.3) is 0 Å². The second kappa shape index (κ2) is 5.66. The van der Waals surface area contributed by atoms with Crippen molar-refractivity contribution < 1.29 is 4.74 Å². The summed E-state index contributed by atoms with van der Waals surface area (Å²) in [6.07, 6.45) is 0.200. The third-order valence-corrected chi connectivity index (χ3v) is 1.99. The SMILES string of the molecule is CCOC(C)CNc1cc(C)nc(C)n1. The molecule has 4 nitrogen and oxygen atoms in total. The number of hydrogen-bond acceptors (Lipinski definition) is 4. The summed E-state index contributed by atoms with van der Waals surface area (Å²) in [5.74, 6) is 1.66. The van der Waals surface area contributed by atoms with Gasteiger partial charge in [-0.3, -0.25) is 0 Å². The van der Waals surface area contributed by atoms with Crippen LogP contribution in [0.5, 0.6) is 0 Å². The highest BCUT2D eigenvalue weighted by atomic mass is 16.5. The summed E-state index contributed by atoms with van der Waals surface area (Å²) in [6, 6.07) is 1.94. The summed E-state index contributed by atoms with van der Waals surface area (Å²) in [5, 5.41) is 3.23. The number of nitrogens with one attached hydrogen (secondary N) is 1. The van der Waals surface area contributed by atoms with Crippen LogP contribution in [0.25, 0.3) is 0 Å². The number of aromatic nitrogens is 2. The lowest BCUT2D eigenvalue weighted by molar-refractivity contribution is 0.0855. The van der Waals surface area contributed by atoms with Gasteiger partial charge >= 0.3 is 0 Å². The zero-order valence-corrected chi connectivity index (χ0v) is 9.87. The molecule has 0 aliphatic rings. The van der Waals surface area contributed by atoms with Gasteiger partial charge in [0, 0.05) is 24.9 Å². The summed E-state index contributed by atoms with van der Waals surface area (Å²) in [7, 11) is 0. The van der Waals surface area contributed by atoms with Crippen LogP contribution in [-0.4, -0.2) is 29.2 Å². The average Bonchev–Trinajstić information content (AvgIpc) is 2.14. The first-order chi connectivity index (χ1) is 7.11. The van der Waals surface area contributed by atoms with E-state index >= 15 is 0 Å². The molecule has 1 unspecified atom stereocenters. The maximum Gasteiger partial charge on any atom is 0.130 e. The summed E-state index contributed by atoms with van der Waals surface area (Å²) in [5.41, 5.74) is 0.981. The van der Waals surface area contributed by atoms with Crippen LogP contribution in [0, 0.1) is 13.8 Å². The first-order valence-corrected chi connectivity index (χ1v) is 5.29. The minimum atomic E-state index is 0.200. The molecule has 1 heterocycles. The van der Waals surface area contributed by atoms with Crippen molar-refractivity contribution >= 4 is 5.82 Å². The second-order valence-corrected chi connectivity index (χ2v) is 3.59. The van der Waals surface area contributed by atoms with Gasteiger partial charge in [-0.25, -0.2) is 9.97 Å². The third-order valence-electron chi connectivity index (χ3n) is 1.99. The maximum atomic E-state index is 5.42. The van der Waals surface area contributed by atoms with Gasteiger partial charge < -0.3 is 10.1 Å². The smallest absolute Gasteiger partial charge is 0.130 e. The van der Waals surface area contributed by atoms with Crippen molar-refractivity contribution in [2.45, 2.75) is 33.8 Å². The van der Waals surface area contributed by atoms with Crippen LogP contribution in [0.1, 0.15) is 25.4 Å². The number of nitrogens with zero attached hydrogens (tertiary/aromatic N) is 2. The molecule has 0 saturated carbocycles. The molecule has 1 atom stereocenters. The Morgan fingerprint density at radius 1 is 1.40 bits per heavy atom. The third kappa shape index (κ3) is 4.25. The quantitative estimate of drug-likeness (QED) is 0.805. The van der Waals surface area contributed by atoms with Gasteiger partial charge in [-0.1, -0.05) is 0 Å². The molecule has 0 radical (unpaired) electrons. The predicted molar refractivity (Wildman–Crippen MR) is 61.1 cm³/mol. The van der Waals surface area contributed by atoms with Crippen molar-refractivity contribution in [3.05, 3.63) is 17.6 Å². The Morgan fingerprint density at radius 2 is 2.13 bits per heavy atom. The van der Waals surface area contributed by atoms with Gasteiger partial charge in [-0.2, -0.15) is 0 Å². The minimum Gasteiger partial charge on any atom is -0.377 e. The van der Waals surface area contributed by atoms with Crippen molar-refractivity contribution in [3.63, 3.8) is 0 Å². The Bertz CT molecular complexity index is 294. The number of anilines is 1. The van der Waals surface area contributed by atoms with E-state index in [-0.39, 0.29) is 6.10 Å². The summed E-state index contributed by atoms with van der Waals surface area (Å²) in [4.78, 5) is 8.50. The topological polar surface area (TPSA) is 47.0 Å². The van der Waals surface area contributed by atoms with Gasteiger partial charge in [0.05, 0.1) is 6.10 Å². The van der Waals surface area contributed by atoms with Crippen LogP contribution >= 0.6 is 0 Å². The van der Waals surface area contributed by atoms with Gasteiger partial charge in [-0.05, 0) is 27.7 Å². The standard InChI is InChI=1S/C11H19N3O/c1-5-15-9(3)7-12-11-6-8(2)13-10(4)14-11/h6,9H,5,7H2,1-4H3,(H,12,13,14). The molecule has 0 aliphatic carbocycles. The monoisotopic (exact) mass is 209 g/mol. The second-order valence-electron chi connectivity index (χ2n) is 3.59. The normalized spacial score (nSPS) is 12.5. The lowest BCUT2D eigenvalue weighted by Crippen LogP contribution is -2.20. The number of hydrogen-bond donors (Lipinski definition) is 1. The molecule has 0 aliphatic heterocycles. The molecule has 0 fully saturated rings. The van der Waals surface area contributed by atoms with E-state index in [1.165, 1.54) is 0 Å². The molecule has 0 spiro atoms. The first kappa shape index (κ1) is 11.9. The molecule has 84 valence electrons. The Hall–Kier alpha value is -1.16. The molecule has 1 N–H and O–H groups in total. The van der Waals surface area contributed by atoms with E-state index < -0.39 is 0 Å². The van der Waals surface area contributed by atoms with Crippen LogP contribution in [0.15, 0.2) is 6.07 Å². The highest BCUT2D eigenvalue weighted by Gasteiger charge is 2.02. The van der Waals surface area contributed by atoms with E-state index in [1.807, 2.05) is 33.8 Å². The van der Waals surface area contributed by atoms with Crippen LogP contribution in [0.2, 0.25) is 0 Å². The molecule has 1 aromatic rings. The Morgan fingerprint density at radius 3 is 2.73 bits per heavy atom. The van der Waals surface area contributed by atoms with E-state index in [0.29, 0.717) is 0 Å². The predicted octanol–water partition coefficient (Wildman–Crippen LogP) is 1.93. The molecule has 1 aromatic heterocycles. The van der Waals surface area contributed by atoms with Gasteiger partial charge in [0.15, 0.2) is 0 Å². The molecule has 0 aromatic carbocycles. The fourth-order valence-corrected chi connectivity index (χ4v) is 1.40. The van der Waals surface area contributed by atoms with Crippen molar-refractivity contribution in [1.29, 1.82) is 0 Å². The summed E-state index contributed by atoms with van der Waals surface area (Å²) < 4.78 is 5.42. The molecule has 0 saturated heterocycles. The lowest BCUT2D eigenvalue weighted by atomic mass is 10.3. The minimum absolute atomic E-state index is 0.200. The van der Waals surface area contributed by atoms with Crippen molar-refractivity contribution in [2.24, 2.45) is 0 Å². The van der Waals surface area contributed by atoms with Crippen molar-refractivity contribution in [3.8, 4) is 0 Å². The van der Waals surface area contributed by atoms with E-state index in [0.717, 1.165) is 30.5 Å².